The lowest BCUT2D eigenvalue weighted by Gasteiger charge is -2.16. The number of hydrogen-bond acceptors (Lipinski definition) is 2. The van der Waals surface area contributed by atoms with E-state index in [1.54, 1.807) is 6.07 Å². The van der Waals surface area contributed by atoms with Gasteiger partial charge in [-0.15, -0.1) is 0 Å². The summed E-state index contributed by atoms with van der Waals surface area (Å²) in [7, 11) is 0. The van der Waals surface area contributed by atoms with Gasteiger partial charge in [0.05, 0.1) is 0 Å². The highest BCUT2D eigenvalue weighted by atomic mass is 19.1. The maximum atomic E-state index is 14.1. The van der Waals surface area contributed by atoms with Crippen molar-refractivity contribution in [2.24, 2.45) is 0 Å². The first kappa shape index (κ1) is 13.8. The van der Waals surface area contributed by atoms with Crippen molar-refractivity contribution in [2.75, 3.05) is 11.9 Å². The van der Waals surface area contributed by atoms with Crippen molar-refractivity contribution in [1.29, 1.82) is 0 Å². The standard InChI is InChI=1S/C16H21FN2/c1-5-7-18-15-11(4)14(6-2)19-16-12(15)8-10(3)9-13(16)17/h8-9H,5-7H2,1-4H3,(H,18,19). The Morgan fingerprint density at radius 3 is 2.58 bits per heavy atom. The molecule has 0 bridgehead atoms. The molecule has 2 aromatic rings. The highest BCUT2D eigenvalue weighted by molar-refractivity contribution is 5.94. The molecule has 0 fully saturated rings. The molecule has 0 radical (unpaired) electrons. The predicted octanol–water partition coefficient (Wildman–Crippen LogP) is 4.38. The average Bonchev–Trinajstić information content (AvgIpc) is 2.37. The number of benzene rings is 1. The van der Waals surface area contributed by atoms with E-state index in [4.69, 9.17) is 0 Å². The van der Waals surface area contributed by atoms with E-state index < -0.39 is 0 Å². The second-order valence-electron chi connectivity index (χ2n) is 4.98. The normalized spacial score (nSPS) is 11.0. The van der Waals surface area contributed by atoms with Gasteiger partial charge in [-0.1, -0.05) is 13.8 Å². The van der Waals surface area contributed by atoms with Crippen LogP contribution in [-0.2, 0) is 6.42 Å². The molecular formula is C16H21FN2. The molecule has 1 aromatic heterocycles. The van der Waals surface area contributed by atoms with Gasteiger partial charge in [-0.2, -0.15) is 0 Å². The summed E-state index contributed by atoms with van der Waals surface area (Å²) in [5.74, 6) is -0.232. The minimum atomic E-state index is -0.232. The third kappa shape index (κ3) is 2.55. The molecule has 0 saturated carbocycles. The topological polar surface area (TPSA) is 24.9 Å². The van der Waals surface area contributed by atoms with Crippen LogP contribution >= 0.6 is 0 Å². The fourth-order valence-corrected chi connectivity index (χ4v) is 2.43. The van der Waals surface area contributed by atoms with Gasteiger partial charge in [-0.25, -0.2) is 9.37 Å². The molecule has 2 nitrogen and oxygen atoms in total. The summed E-state index contributed by atoms with van der Waals surface area (Å²) < 4.78 is 14.1. The Morgan fingerprint density at radius 1 is 1.21 bits per heavy atom. The zero-order valence-electron chi connectivity index (χ0n) is 12.1. The van der Waals surface area contributed by atoms with Crippen LogP contribution < -0.4 is 5.32 Å². The first-order valence-corrected chi connectivity index (χ1v) is 6.91. The number of rotatable bonds is 4. The molecular weight excluding hydrogens is 239 g/mol. The van der Waals surface area contributed by atoms with Crippen molar-refractivity contribution in [1.82, 2.24) is 4.98 Å². The Balaban J connectivity index is 2.75. The first-order chi connectivity index (χ1) is 9.08. The van der Waals surface area contributed by atoms with Gasteiger partial charge in [0, 0.05) is 23.3 Å². The van der Waals surface area contributed by atoms with Crippen molar-refractivity contribution in [2.45, 2.75) is 40.5 Å². The van der Waals surface area contributed by atoms with Gasteiger partial charge < -0.3 is 5.32 Å². The van der Waals surface area contributed by atoms with Gasteiger partial charge in [0.2, 0.25) is 0 Å². The predicted molar refractivity (Wildman–Crippen MR) is 79.3 cm³/mol. The summed E-state index contributed by atoms with van der Waals surface area (Å²) in [6.45, 7) is 9.03. The zero-order chi connectivity index (χ0) is 14.0. The van der Waals surface area contributed by atoms with E-state index in [1.165, 1.54) is 0 Å². The van der Waals surface area contributed by atoms with E-state index in [1.807, 2.05) is 13.0 Å². The number of fused-ring (bicyclic) bond motifs is 1. The van der Waals surface area contributed by atoms with Crippen LogP contribution in [0.3, 0.4) is 0 Å². The van der Waals surface area contributed by atoms with Crippen LogP contribution in [0, 0.1) is 19.7 Å². The Hall–Kier alpha value is -1.64. The highest BCUT2D eigenvalue weighted by Crippen LogP contribution is 2.30. The lowest BCUT2D eigenvalue weighted by Crippen LogP contribution is -2.06. The van der Waals surface area contributed by atoms with Crippen LogP contribution in [0.25, 0.3) is 10.9 Å². The summed E-state index contributed by atoms with van der Waals surface area (Å²) in [5, 5.41) is 4.32. The monoisotopic (exact) mass is 260 g/mol. The maximum Gasteiger partial charge on any atom is 0.149 e. The number of pyridine rings is 1. The Morgan fingerprint density at radius 2 is 1.95 bits per heavy atom. The minimum absolute atomic E-state index is 0.232. The van der Waals surface area contributed by atoms with Crippen molar-refractivity contribution in [3.8, 4) is 0 Å². The van der Waals surface area contributed by atoms with Crippen LogP contribution in [0.5, 0.6) is 0 Å². The molecule has 1 heterocycles. The summed E-state index contributed by atoms with van der Waals surface area (Å²) >= 11 is 0. The lowest BCUT2D eigenvalue weighted by atomic mass is 10.0. The number of aryl methyl sites for hydroxylation is 2. The fourth-order valence-electron chi connectivity index (χ4n) is 2.43. The van der Waals surface area contributed by atoms with Crippen LogP contribution in [0.2, 0.25) is 0 Å². The quantitative estimate of drug-likeness (QED) is 0.882. The molecule has 0 spiro atoms. The third-order valence-corrected chi connectivity index (χ3v) is 3.42. The van der Waals surface area contributed by atoms with Crippen LogP contribution in [0.15, 0.2) is 12.1 Å². The van der Waals surface area contributed by atoms with Gasteiger partial charge in [0.25, 0.3) is 0 Å². The molecule has 0 saturated heterocycles. The molecule has 0 amide bonds. The van der Waals surface area contributed by atoms with Gasteiger partial charge in [-0.3, -0.25) is 0 Å². The van der Waals surface area contributed by atoms with Crippen molar-refractivity contribution < 1.29 is 4.39 Å². The summed E-state index contributed by atoms with van der Waals surface area (Å²) in [5.41, 5.74) is 4.54. The maximum absolute atomic E-state index is 14.1. The second kappa shape index (κ2) is 5.55. The molecule has 1 aromatic carbocycles. The van der Waals surface area contributed by atoms with Crippen LogP contribution in [0.4, 0.5) is 10.1 Å². The number of nitrogens with zero attached hydrogens (tertiary/aromatic N) is 1. The SMILES string of the molecule is CCCNc1c(C)c(CC)nc2c(F)cc(C)cc12. The number of nitrogens with one attached hydrogen (secondary N) is 1. The number of anilines is 1. The molecule has 102 valence electrons. The van der Waals surface area contributed by atoms with E-state index >= 15 is 0 Å². The third-order valence-electron chi connectivity index (χ3n) is 3.42. The number of halogens is 1. The van der Waals surface area contributed by atoms with E-state index in [0.29, 0.717) is 5.52 Å². The fraction of sp³-hybridized carbons (Fsp3) is 0.438. The van der Waals surface area contributed by atoms with Gasteiger partial charge in [-0.05, 0) is 49.9 Å². The molecule has 19 heavy (non-hydrogen) atoms. The summed E-state index contributed by atoms with van der Waals surface area (Å²) in [6.07, 6.45) is 1.86. The number of hydrogen-bond donors (Lipinski definition) is 1. The van der Waals surface area contributed by atoms with Crippen molar-refractivity contribution in [3.05, 3.63) is 34.8 Å². The molecule has 1 N–H and O–H groups in total. The second-order valence-corrected chi connectivity index (χ2v) is 4.98. The van der Waals surface area contributed by atoms with E-state index in [-0.39, 0.29) is 5.82 Å². The smallest absolute Gasteiger partial charge is 0.149 e. The lowest BCUT2D eigenvalue weighted by molar-refractivity contribution is 0.635. The van der Waals surface area contributed by atoms with Gasteiger partial charge in [0.15, 0.2) is 0 Å². The molecule has 0 aliphatic rings. The van der Waals surface area contributed by atoms with E-state index in [2.05, 4.69) is 31.1 Å². The largest absolute Gasteiger partial charge is 0.384 e. The molecule has 3 heteroatoms. The van der Waals surface area contributed by atoms with Crippen LogP contribution in [0.1, 0.15) is 37.1 Å². The average molecular weight is 260 g/mol. The minimum Gasteiger partial charge on any atom is -0.384 e. The molecule has 0 atom stereocenters. The van der Waals surface area contributed by atoms with Gasteiger partial charge >= 0.3 is 0 Å². The molecule has 0 unspecified atom stereocenters. The number of aromatic nitrogens is 1. The zero-order valence-corrected chi connectivity index (χ0v) is 12.1. The van der Waals surface area contributed by atoms with Gasteiger partial charge in [0.1, 0.15) is 11.3 Å². The van der Waals surface area contributed by atoms with E-state index in [0.717, 1.165) is 47.3 Å². The van der Waals surface area contributed by atoms with Crippen LogP contribution in [-0.4, -0.2) is 11.5 Å². The molecule has 0 aliphatic heterocycles. The Bertz CT molecular complexity index is 605. The Kier molecular flexibility index (Phi) is 4.03. The van der Waals surface area contributed by atoms with E-state index in [9.17, 15) is 4.39 Å². The van der Waals surface area contributed by atoms with Crippen molar-refractivity contribution in [3.63, 3.8) is 0 Å². The molecule has 2 rings (SSSR count). The first-order valence-electron chi connectivity index (χ1n) is 6.91. The summed E-state index contributed by atoms with van der Waals surface area (Å²) in [6, 6.07) is 3.56. The Labute approximate surface area is 114 Å². The highest BCUT2D eigenvalue weighted by Gasteiger charge is 2.13. The summed E-state index contributed by atoms with van der Waals surface area (Å²) in [4.78, 5) is 4.49. The van der Waals surface area contributed by atoms with Crippen molar-refractivity contribution >= 4 is 16.6 Å². The molecule has 0 aliphatic carbocycles.